The zero-order valence-electron chi connectivity index (χ0n) is 17.7. The Balaban J connectivity index is 1.40. The van der Waals surface area contributed by atoms with Gasteiger partial charge in [-0.05, 0) is 65.9 Å². The molecular formula is C25H18Cl2N2O4S. The predicted molar refractivity (Wildman–Crippen MR) is 135 cm³/mol. The molecule has 1 fully saturated rings. The van der Waals surface area contributed by atoms with Gasteiger partial charge in [0.05, 0.1) is 4.91 Å². The summed E-state index contributed by atoms with van der Waals surface area (Å²) in [6, 6.07) is 21.1. The number of nitrogens with one attached hydrogen (secondary N) is 1. The Morgan fingerprint density at radius 3 is 2.53 bits per heavy atom. The first-order chi connectivity index (χ1) is 16.4. The smallest absolute Gasteiger partial charge is 0.294 e. The highest BCUT2D eigenvalue weighted by Gasteiger charge is 2.36. The van der Waals surface area contributed by atoms with E-state index in [4.69, 9.17) is 27.9 Å². The van der Waals surface area contributed by atoms with E-state index in [1.54, 1.807) is 60.7 Å². The summed E-state index contributed by atoms with van der Waals surface area (Å²) in [6.07, 6.45) is 1.60. The molecule has 3 amide bonds. The van der Waals surface area contributed by atoms with Gasteiger partial charge in [0.15, 0.2) is 0 Å². The molecule has 0 saturated carbocycles. The van der Waals surface area contributed by atoms with Crippen LogP contribution in [-0.4, -0.2) is 28.5 Å². The maximum absolute atomic E-state index is 12.8. The molecule has 0 unspecified atom stereocenters. The largest absolute Gasteiger partial charge is 0.489 e. The number of ether oxygens (including phenoxy) is 1. The van der Waals surface area contributed by atoms with Crippen molar-refractivity contribution in [3.8, 4) is 5.75 Å². The molecule has 1 saturated heterocycles. The summed E-state index contributed by atoms with van der Waals surface area (Å²) in [5.74, 6) is -0.417. The first-order valence-corrected chi connectivity index (χ1v) is 11.7. The standard InChI is InChI=1S/C25H18Cl2N2O4S/c26-18-8-10-19(11-9-18)28-23(30)14-29-24(31)22(34-25(29)32)13-16-4-3-6-20(12-16)33-15-17-5-1-2-7-21(17)27/h1-13H,14-15H2,(H,28,30)/b22-13+. The van der Waals surface area contributed by atoms with E-state index >= 15 is 0 Å². The van der Waals surface area contributed by atoms with Gasteiger partial charge in [-0.25, -0.2) is 0 Å². The van der Waals surface area contributed by atoms with E-state index in [1.165, 1.54) is 0 Å². The molecule has 0 aliphatic carbocycles. The van der Waals surface area contributed by atoms with Gasteiger partial charge >= 0.3 is 0 Å². The molecule has 1 aliphatic heterocycles. The SMILES string of the molecule is O=C(CN1C(=O)S/C(=C/c2cccc(OCc3ccccc3Cl)c2)C1=O)Nc1ccc(Cl)cc1. The molecule has 1 N–H and O–H groups in total. The average molecular weight is 513 g/mol. The third-order valence-corrected chi connectivity index (χ3v) is 6.34. The minimum absolute atomic E-state index is 0.229. The maximum atomic E-state index is 12.8. The van der Waals surface area contributed by atoms with Gasteiger partial charge in [-0.3, -0.25) is 19.3 Å². The zero-order chi connectivity index (χ0) is 24.1. The first-order valence-electron chi connectivity index (χ1n) is 10.2. The molecule has 0 spiro atoms. The molecule has 6 nitrogen and oxygen atoms in total. The fourth-order valence-electron chi connectivity index (χ4n) is 3.14. The first kappa shape index (κ1) is 23.9. The van der Waals surface area contributed by atoms with Crippen LogP contribution in [0.3, 0.4) is 0 Å². The Morgan fingerprint density at radius 2 is 1.76 bits per heavy atom. The Kier molecular flexibility index (Phi) is 7.57. The van der Waals surface area contributed by atoms with Crippen LogP contribution in [-0.2, 0) is 16.2 Å². The van der Waals surface area contributed by atoms with Crippen molar-refractivity contribution >= 4 is 63.8 Å². The van der Waals surface area contributed by atoms with Crippen molar-refractivity contribution in [3.63, 3.8) is 0 Å². The van der Waals surface area contributed by atoms with Gasteiger partial charge in [0.25, 0.3) is 11.1 Å². The number of imide groups is 1. The lowest BCUT2D eigenvalue weighted by atomic mass is 10.2. The van der Waals surface area contributed by atoms with Gasteiger partial charge < -0.3 is 10.1 Å². The normalized spacial score (nSPS) is 14.5. The molecule has 1 heterocycles. The molecule has 4 rings (SSSR count). The van der Waals surface area contributed by atoms with Crippen LogP contribution in [0.15, 0.2) is 77.7 Å². The number of halogens is 2. The van der Waals surface area contributed by atoms with Crippen molar-refractivity contribution in [2.24, 2.45) is 0 Å². The van der Waals surface area contributed by atoms with E-state index < -0.39 is 17.1 Å². The fourth-order valence-corrected chi connectivity index (χ4v) is 4.29. The summed E-state index contributed by atoms with van der Waals surface area (Å²) in [6.45, 7) is -0.0893. The Bertz CT molecular complexity index is 1280. The molecule has 0 radical (unpaired) electrons. The van der Waals surface area contributed by atoms with Crippen LogP contribution >= 0.6 is 35.0 Å². The lowest BCUT2D eigenvalue weighted by molar-refractivity contribution is -0.127. The molecular weight excluding hydrogens is 495 g/mol. The quantitative estimate of drug-likeness (QED) is 0.378. The van der Waals surface area contributed by atoms with Crippen molar-refractivity contribution in [1.29, 1.82) is 0 Å². The fraction of sp³-hybridized carbons (Fsp3) is 0.0800. The summed E-state index contributed by atoms with van der Waals surface area (Å²) in [5, 5.41) is 3.29. The highest BCUT2D eigenvalue weighted by molar-refractivity contribution is 8.18. The van der Waals surface area contributed by atoms with E-state index in [0.717, 1.165) is 22.2 Å². The van der Waals surface area contributed by atoms with Crippen LogP contribution in [0.5, 0.6) is 5.75 Å². The van der Waals surface area contributed by atoms with Crippen LogP contribution in [0.1, 0.15) is 11.1 Å². The van der Waals surface area contributed by atoms with E-state index in [-0.39, 0.29) is 11.4 Å². The van der Waals surface area contributed by atoms with Gasteiger partial charge in [0.2, 0.25) is 5.91 Å². The summed E-state index contributed by atoms with van der Waals surface area (Å²) in [7, 11) is 0. The molecule has 0 aromatic heterocycles. The third kappa shape index (κ3) is 5.99. The third-order valence-electron chi connectivity index (χ3n) is 4.81. The van der Waals surface area contributed by atoms with Gasteiger partial charge in [-0.2, -0.15) is 0 Å². The molecule has 3 aromatic rings. The number of hydrogen-bond donors (Lipinski definition) is 1. The van der Waals surface area contributed by atoms with Crippen LogP contribution in [0.4, 0.5) is 10.5 Å². The van der Waals surface area contributed by atoms with Crippen LogP contribution in [0.25, 0.3) is 6.08 Å². The van der Waals surface area contributed by atoms with Gasteiger partial charge in [0.1, 0.15) is 18.9 Å². The zero-order valence-corrected chi connectivity index (χ0v) is 20.0. The highest BCUT2D eigenvalue weighted by atomic mass is 35.5. The number of benzene rings is 3. The number of rotatable bonds is 7. The number of amides is 3. The minimum atomic E-state index is -0.524. The van der Waals surface area contributed by atoms with Crippen molar-refractivity contribution in [1.82, 2.24) is 4.90 Å². The van der Waals surface area contributed by atoms with E-state index in [2.05, 4.69) is 5.32 Å². The summed E-state index contributed by atoms with van der Waals surface area (Å²) >= 11 is 12.8. The molecule has 0 bridgehead atoms. The second kappa shape index (κ2) is 10.8. The average Bonchev–Trinajstić information content (AvgIpc) is 3.07. The summed E-state index contributed by atoms with van der Waals surface area (Å²) in [5.41, 5.74) is 2.06. The van der Waals surface area contributed by atoms with Crippen LogP contribution < -0.4 is 10.1 Å². The lowest BCUT2D eigenvalue weighted by Gasteiger charge is -2.12. The number of hydrogen-bond acceptors (Lipinski definition) is 5. The second-order valence-corrected chi connectivity index (χ2v) is 9.11. The number of carbonyl (C=O) groups excluding carboxylic acids is 3. The Hall–Kier alpha value is -3.26. The highest BCUT2D eigenvalue weighted by Crippen LogP contribution is 2.32. The van der Waals surface area contributed by atoms with Gasteiger partial charge in [0, 0.05) is 21.3 Å². The second-order valence-electron chi connectivity index (χ2n) is 7.28. The van der Waals surface area contributed by atoms with Crippen molar-refractivity contribution < 1.29 is 19.1 Å². The van der Waals surface area contributed by atoms with E-state index in [1.807, 2.05) is 18.2 Å². The molecule has 34 heavy (non-hydrogen) atoms. The topological polar surface area (TPSA) is 75.7 Å². The molecule has 9 heteroatoms. The molecule has 3 aromatic carbocycles. The van der Waals surface area contributed by atoms with E-state index in [9.17, 15) is 14.4 Å². The predicted octanol–water partition coefficient (Wildman–Crippen LogP) is 6.25. The molecule has 1 aliphatic rings. The van der Waals surface area contributed by atoms with Crippen LogP contribution in [0, 0.1) is 0 Å². The Morgan fingerprint density at radius 1 is 1.00 bits per heavy atom. The number of thioether (sulfide) groups is 1. The van der Waals surface area contributed by atoms with Crippen molar-refractivity contribution in [3.05, 3.63) is 98.9 Å². The van der Waals surface area contributed by atoms with E-state index in [0.29, 0.717) is 33.7 Å². The number of carbonyl (C=O) groups is 3. The monoisotopic (exact) mass is 512 g/mol. The number of nitrogens with zero attached hydrogens (tertiary/aromatic N) is 1. The summed E-state index contributed by atoms with van der Waals surface area (Å²) in [4.78, 5) is 38.6. The van der Waals surface area contributed by atoms with Gasteiger partial charge in [-0.15, -0.1) is 0 Å². The molecule has 172 valence electrons. The minimum Gasteiger partial charge on any atom is -0.489 e. The van der Waals surface area contributed by atoms with Crippen molar-refractivity contribution in [2.45, 2.75) is 6.61 Å². The van der Waals surface area contributed by atoms with Crippen molar-refractivity contribution in [2.75, 3.05) is 11.9 Å². The summed E-state index contributed by atoms with van der Waals surface area (Å²) < 4.78 is 5.82. The number of anilines is 1. The Labute approximate surface area is 210 Å². The van der Waals surface area contributed by atoms with Gasteiger partial charge in [-0.1, -0.05) is 53.5 Å². The molecule has 0 atom stereocenters. The van der Waals surface area contributed by atoms with Crippen LogP contribution in [0.2, 0.25) is 10.0 Å². The maximum Gasteiger partial charge on any atom is 0.294 e. The lowest BCUT2D eigenvalue weighted by Crippen LogP contribution is -2.36.